The standard InChI is InChI=1S/C14H12N4O3/c15-9-12-13(18(20)21)5-6-14(17-12)16-8-7-10-1-3-11(19)4-2-10/h1-6,19H,7-8H2,(H,16,17). The molecule has 0 fully saturated rings. The number of nitriles is 1. The number of benzene rings is 1. The van der Waals surface area contributed by atoms with E-state index in [1.54, 1.807) is 30.3 Å². The van der Waals surface area contributed by atoms with Crippen LogP contribution in [-0.4, -0.2) is 21.6 Å². The molecule has 0 aliphatic heterocycles. The topological polar surface area (TPSA) is 112 Å². The maximum absolute atomic E-state index is 10.7. The summed E-state index contributed by atoms with van der Waals surface area (Å²) in [7, 11) is 0. The first kappa shape index (κ1) is 14.3. The van der Waals surface area contributed by atoms with Crippen LogP contribution in [0.2, 0.25) is 0 Å². The van der Waals surface area contributed by atoms with Crippen LogP contribution in [0.4, 0.5) is 11.5 Å². The molecule has 2 aromatic rings. The molecule has 7 heteroatoms. The average molecular weight is 284 g/mol. The molecule has 7 nitrogen and oxygen atoms in total. The predicted octanol–water partition coefficient (Wildman–Crippen LogP) is 2.22. The number of phenols is 1. The molecule has 106 valence electrons. The molecule has 0 aliphatic rings. The zero-order valence-corrected chi connectivity index (χ0v) is 11.0. The van der Waals surface area contributed by atoms with E-state index in [0.717, 1.165) is 5.56 Å². The van der Waals surface area contributed by atoms with Crippen LogP contribution in [0.1, 0.15) is 11.3 Å². The fourth-order valence-electron chi connectivity index (χ4n) is 1.78. The lowest BCUT2D eigenvalue weighted by atomic mass is 10.1. The number of phenolic OH excluding ortho intramolecular Hbond substituents is 1. The van der Waals surface area contributed by atoms with Crippen molar-refractivity contribution in [1.29, 1.82) is 5.26 Å². The van der Waals surface area contributed by atoms with E-state index in [1.807, 2.05) is 0 Å². The van der Waals surface area contributed by atoms with Gasteiger partial charge in [0.25, 0.3) is 0 Å². The number of hydrogen-bond donors (Lipinski definition) is 2. The Bertz CT molecular complexity index is 692. The second-order valence-corrected chi connectivity index (χ2v) is 4.28. The van der Waals surface area contributed by atoms with Gasteiger partial charge in [0.1, 0.15) is 17.6 Å². The summed E-state index contributed by atoms with van der Waals surface area (Å²) in [5.41, 5.74) is 0.513. The van der Waals surface area contributed by atoms with Crippen molar-refractivity contribution in [3.8, 4) is 11.8 Å². The van der Waals surface area contributed by atoms with E-state index in [4.69, 9.17) is 5.26 Å². The normalized spacial score (nSPS) is 9.86. The van der Waals surface area contributed by atoms with Crippen LogP contribution in [0.3, 0.4) is 0 Å². The molecule has 0 spiro atoms. The van der Waals surface area contributed by atoms with Gasteiger partial charge in [0, 0.05) is 12.6 Å². The minimum atomic E-state index is -0.633. The van der Waals surface area contributed by atoms with Gasteiger partial charge in [-0.3, -0.25) is 10.1 Å². The second kappa shape index (κ2) is 6.34. The van der Waals surface area contributed by atoms with E-state index in [9.17, 15) is 15.2 Å². The van der Waals surface area contributed by atoms with Gasteiger partial charge in [-0.1, -0.05) is 12.1 Å². The number of anilines is 1. The Balaban J connectivity index is 1.99. The third-order valence-electron chi connectivity index (χ3n) is 2.83. The number of nitrogens with one attached hydrogen (secondary N) is 1. The lowest BCUT2D eigenvalue weighted by molar-refractivity contribution is -0.385. The summed E-state index contributed by atoms with van der Waals surface area (Å²) < 4.78 is 0. The minimum Gasteiger partial charge on any atom is -0.508 e. The fourth-order valence-corrected chi connectivity index (χ4v) is 1.78. The van der Waals surface area contributed by atoms with Gasteiger partial charge < -0.3 is 10.4 Å². The summed E-state index contributed by atoms with van der Waals surface area (Å²) in [5.74, 6) is 0.623. The number of aromatic hydroxyl groups is 1. The van der Waals surface area contributed by atoms with Gasteiger partial charge in [-0.15, -0.1) is 0 Å². The van der Waals surface area contributed by atoms with Gasteiger partial charge >= 0.3 is 5.69 Å². The van der Waals surface area contributed by atoms with Crippen LogP contribution in [0.25, 0.3) is 0 Å². The van der Waals surface area contributed by atoms with Gasteiger partial charge in [0.05, 0.1) is 4.92 Å². The summed E-state index contributed by atoms with van der Waals surface area (Å²) in [6.07, 6.45) is 0.695. The highest BCUT2D eigenvalue weighted by molar-refractivity contribution is 5.50. The molecule has 0 saturated heterocycles. The van der Waals surface area contributed by atoms with Crippen LogP contribution >= 0.6 is 0 Å². The Labute approximate surface area is 120 Å². The largest absolute Gasteiger partial charge is 0.508 e. The molecule has 0 amide bonds. The summed E-state index contributed by atoms with van der Waals surface area (Å²) in [6.45, 7) is 0.556. The second-order valence-electron chi connectivity index (χ2n) is 4.28. The first-order valence-electron chi connectivity index (χ1n) is 6.17. The lowest BCUT2D eigenvalue weighted by Crippen LogP contribution is -2.07. The van der Waals surface area contributed by atoms with E-state index in [0.29, 0.717) is 18.8 Å². The lowest BCUT2D eigenvalue weighted by Gasteiger charge is -2.06. The van der Waals surface area contributed by atoms with Gasteiger partial charge in [-0.2, -0.15) is 5.26 Å². The minimum absolute atomic E-state index is 0.211. The maximum atomic E-state index is 10.7. The summed E-state index contributed by atoms with van der Waals surface area (Å²) in [6, 6.07) is 11.3. The van der Waals surface area contributed by atoms with Crippen molar-refractivity contribution in [1.82, 2.24) is 4.98 Å². The smallest absolute Gasteiger partial charge is 0.305 e. The Hall–Kier alpha value is -3.14. The molecule has 0 bridgehead atoms. The molecule has 0 radical (unpaired) electrons. The van der Waals surface area contributed by atoms with Crippen LogP contribution in [0.15, 0.2) is 36.4 Å². The third-order valence-corrected chi connectivity index (χ3v) is 2.83. The predicted molar refractivity (Wildman–Crippen MR) is 75.9 cm³/mol. The van der Waals surface area contributed by atoms with Gasteiger partial charge in [0.15, 0.2) is 0 Å². The SMILES string of the molecule is N#Cc1nc(NCCc2ccc(O)cc2)ccc1[N+](=O)[O-]. The molecule has 2 rings (SSSR count). The monoisotopic (exact) mass is 284 g/mol. The van der Waals surface area contributed by atoms with E-state index in [-0.39, 0.29) is 17.1 Å². The number of nitro groups is 1. The first-order chi connectivity index (χ1) is 10.1. The number of pyridine rings is 1. The molecular weight excluding hydrogens is 272 g/mol. The van der Waals surface area contributed by atoms with Crippen molar-refractivity contribution in [2.75, 3.05) is 11.9 Å². The number of nitrogens with zero attached hydrogens (tertiary/aromatic N) is 3. The van der Waals surface area contributed by atoms with E-state index < -0.39 is 4.92 Å². The van der Waals surface area contributed by atoms with Crippen molar-refractivity contribution in [2.24, 2.45) is 0 Å². The highest BCUT2D eigenvalue weighted by atomic mass is 16.6. The van der Waals surface area contributed by atoms with Crippen molar-refractivity contribution < 1.29 is 10.0 Å². The molecular formula is C14H12N4O3. The number of rotatable bonds is 5. The zero-order chi connectivity index (χ0) is 15.2. The Kier molecular flexibility index (Phi) is 4.31. The third kappa shape index (κ3) is 3.67. The maximum Gasteiger partial charge on any atom is 0.305 e. The Morgan fingerprint density at radius 2 is 2.00 bits per heavy atom. The molecule has 0 saturated carbocycles. The van der Waals surface area contributed by atoms with Crippen molar-refractivity contribution in [2.45, 2.75) is 6.42 Å². The summed E-state index contributed by atoms with van der Waals surface area (Å²) in [5, 5.41) is 31.7. The Morgan fingerprint density at radius 3 is 2.62 bits per heavy atom. The molecule has 1 heterocycles. The fraction of sp³-hybridized carbons (Fsp3) is 0.143. The zero-order valence-electron chi connectivity index (χ0n) is 11.0. The van der Waals surface area contributed by atoms with Gasteiger partial charge in [-0.05, 0) is 30.2 Å². The Morgan fingerprint density at radius 1 is 1.29 bits per heavy atom. The molecule has 1 aromatic carbocycles. The first-order valence-corrected chi connectivity index (χ1v) is 6.17. The van der Waals surface area contributed by atoms with E-state index >= 15 is 0 Å². The molecule has 0 atom stereocenters. The van der Waals surface area contributed by atoms with Crippen molar-refractivity contribution >= 4 is 11.5 Å². The molecule has 2 N–H and O–H groups in total. The summed E-state index contributed by atoms with van der Waals surface area (Å²) >= 11 is 0. The molecule has 0 unspecified atom stereocenters. The van der Waals surface area contributed by atoms with Crippen molar-refractivity contribution in [3.63, 3.8) is 0 Å². The van der Waals surface area contributed by atoms with Gasteiger partial charge in [0.2, 0.25) is 5.69 Å². The molecule has 0 aliphatic carbocycles. The molecule has 21 heavy (non-hydrogen) atoms. The van der Waals surface area contributed by atoms with E-state index in [1.165, 1.54) is 12.1 Å². The van der Waals surface area contributed by atoms with E-state index in [2.05, 4.69) is 10.3 Å². The highest BCUT2D eigenvalue weighted by Crippen LogP contribution is 2.18. The highest BCUT2D eigenvalue weighted by Gasteiger charge is 2.15. The van der Waals surface area contributed by atoms with Crippen molar-refractivity contribution in [3.05, 3.63) is 57.8 Å². The molecule has 1 aromatic heterocycles. The van der Waals surface area contributed by atoms with Gasteiger partial charge in [-0.25, -0.2) is 4.98 Å². The van der Waals surface area contributed by atoms with Crippen LogP contribution in [-0.2, 0) is 6.42 Å². The quantitative estimate of drug-likeness (QED) is 0.643. The summed E-state index contributed by atoms with van der Waals surface area (Å²) in [4.78, 5) is 14.0. The average Bonchev–Trinajstić information content (AvgIpc) is 2.49. The van der Waals surface area contributed by atoms with Crippen LogP contribution < -0.4 is 5.32 Å². The number of aromatic nitrogens is 1. The number of hydrogen-bond acceptors (Lipinski definition) is 6. The van der Waals surface area contributed by atoms with Crippen LogP contribution in [0.5, 0.6) is 5.75 Å². The van der Waals surface area contributed by atoms with Crippen LogP contribution in [0, 0.1) is 21.4 Å².